The average molecular weight is 230 g/mol. The van der Waals surface area contributed by atoms with E-state index in [-0.39, 0.29) is 11.7 Å². The summed E-state index contributed by atoms with van der Waals surface area (Å²) >= 11 is 0. The Bertz CT molecular complexity index is 161. The largest absolute Gasteiger partial charge is 0.393 e. The number of aliphatic hydroxyl groups is 1. The van der Waals surface area contributed by atoms with E-state index in [1.54, 1.807) is 0 Å². The molecule has 0 aliphatic heterocycles. The highest BCUT2D eigenvalue weighted by molar-refractivity contribution is 4.62. The summed E-state index contributed by atoms with van der Waals surface area (Å²) in [5, 5.41) is 9.62. The van der Waals surface area contributed by atoms with Crippen LogP contribution in [0, 0.1) is 5.92 Å². The second-order valence-electron chi connectivity index (χ2n) is 5.87. The monoisotopic (exact) mass is 230 g/mol. The molecule has 0 fully saturated rings. The van der Waals surface area contributed by atoms with Crippen molar-refractivity contribution in [2.75, 3.05) is 6.61 Å². The van der Waals surface area contributed by atoms with Crippen LogP contribution in [0.1, 0.15) is 66.7 Å². The highest BCUT2D eigenvalue weighted by atomic mass is 16.5. The van der Waals surface area contributed by atoms with Gasteiger partial charge in [0.2, 0.25) is 0 Å². The third kappa shape index (κ3) is 10.4. The highest BCUT2D eigenvalue weighted by Gasteiger charge is 2.12. The maximum atomic E-state index is 9.62. The van der Waals surface area contributed by atoms with E-state index >= 15 is 0 Å². The van der Waals surface area contributed by atoms with Crippen LogP contribution in [0.4, 0.5) is 0 Å². The van der Waals surface area contributed by atoms with Gasteiger partial charge in [-0.3, -0.25) is 0 Å². The number of hydrogen-bond acceptors (Lipinski definition) is 2. The van der Waals surface area contributed by atoms with Gasteiger partial charge in [0.15, 0.2) is 0 Å². The Morgan fingerprint density at radius 2 is 1.69 bits per heavy atom. The Morgan fingerprint density at radius 3 is 2.19 bits per heavy atom. The topological polar surface area (TPSA) is 29.5 Å². The van der Waals surface area contributed by atoms with Crippen molar-refractivity contribution in [3.8, 4) is 0 Å². The van der Waals surface area contributed by atoms with Crippen molar-refractivity contribution in [3.05, 3.63) is 0 Å². The van der Waals surface area contributed by atoms with Gasteiger partial charge in [-0.15, -0.1) is 0 Å². The molecule has 0 aromatic heterocycles. The van der Waals surface area contributed by atoms with Crippen LogP contribution in [-0.4, -0.2) is 23.4 Å². The van der Waals surface area contributed by atoms with E-state index < -0.39 is 0 Å². The van der Waals surface area contributed by atoms with Gasteiger partial charge < -0.3 is 9.84 Å². The minimum atomic E-state index is -0.101. The van der Waals surface area contributed by atoms with Crippen molar-refractivity contribution in [2.45, 2.75) is 78.4 Å². The van der Waals surface area contributed by atoms with E-state index in [1.165, 1.54) is 0 Å². The summed E-state index contributed by atoms with van der Waals surface area (Å²) in [6, 6.07) is 0. The van der Waals surface area contributed by atoms with E-state index in [0.29, 0.717) is 5.92 Å². The number of aliphatic hydroxyl groups excluding tert-OH is 1. The summed E-state index contributed by atoms with van der Waals surface area (Å²) in [7, 11) is 0. The Hall–Kier alpha value is -0.0800. The van der Waals surface area contributed by atoms with Gasteiger partial charge in [0.1, 0.15) is 0 Å². The molecule has 0 amide bonds. The quantitative estimate of drug-likeness (QED) is 0.688. The van der Waals surface area contributed by atoms with Gasteiger partial charge in [0, 0.05) is 6.61 Å². The second-order valence-corrected chi connectivity index (χ2v) is 5.87. The molecule has 0 saturated carbocycles. The van der Waals surface area contributed by atoms with Crippen LogP contribution >= 0.6 is 0 Å². The van der Waals surface area contributed by atoms with Crippen LogP contribution in [0.3, 0.4) is 0 Å². The second kappa shape index (κ2) is 8.08. The number of hydrogen-bond donors (Lipinski definition) is 1. The summed E-state index contributed by atoms with van der Waals surface area (Å²) < 4.78 is 5.69. The van der Waals surface area contributed by atoms with Crippen molar-refractivity contribution < 1.29 is 9.84 Å². The van der Waals surface area contributed by atoms with E-state index in [1.807, 2.05) is 0 Å². The highest BCUT2D eigenvalue weighted by Crippen LogP contribution is 2.16. The third-order valence-corrected chi connectivity index (χ3v) is 2.76. The maximum absolute atomic E-state index is 9.62. The summed E-state index contributed by atoms with van der Waals surface area (Å²) in [5.41, 5.74) is -0.0263. The van der Waals surface area contributed by atoms with Gasteiger partial charge in [0.25, 0.3) is 0 Å². The molecule has 0 aliphatic rings. The van der Waals surface area contributed by atoms with Gasteiger partial charge in [-0.05, 0) is 52.4 Å². The van der Waals surface area contributed by atoms with Crippen molar-refractivity contribution in [2.24, 2.45) is 5.92 Å². The summed E-state index contributed by atoms with van der Waals surface area (Å²) in [5.74, 6) is 0.647. The van der Waals surface area contributed by atoms with E-state index in [2.05, 4.69) is 34.6 Å². The molecule has 0 spiro atoms. The Balaban J connectivity index is 3.48. The van der Waals surface area contributed by atoms with Crippen molar-refractivity contribution in [1.29, 1.82) is 0 Å². The molecule has 0 rings (SSSR count). The molecular weight excluding hydrogens is 200 g/mol. The molecular formula is C14H30O2. The molecule has 2 unspecified atom stereocenters. The first-order chi connectivity index (χ1) is 7.35. The molecule has 2 atom stereocenters. The molecule has 0 aromatic rings. The van der Waals surface area contributed by atoms with Crippen LogP contribution in [0.5, 0.6) is 0 Å². The van der Waals surface area contributed by atoms with Gasteiger partial charge in [0.05, 0.1) is 11.7 Å². The molecule has 0 aliphatic carbocycles. The standard InChI is InChI=1S/C14H30O2/c1-6-7-13(15)9-8-12(2)10-11-16-14(3,4)5/h12-13,15H,6-11H2,1-5H3. The van der Waals surface area contributed by atoms with E-state index in [0.717, 1.165) is 38.7 Å². The molecule has 98 valence electrons. The molecule has 0 radical (unpaired) electrons. The number of rotatable bonds is 8. The number of ether oxygens (including phenoxy) is 1. The molecule has 16 heavy (non-hydrogen) atoms. The first kappa shape index (κ1) is 15.9. The summed E-state index contributed by atoms with van der Waals surface area (Å²) in [6.45, 7) is 11.4. The van der Waals surface area contributed by atoms with Gasteiger partial charge in [-0.2, -0.15) is 0 Å². The van der Waals surface area contributed by atoms with Gasteiger partial charge >= 0.3 is 0 Å². The molecule has 1 N–H and O–H groups in total. The smallest absolute Gasteiger partial charge is 0.0598 e. The van der Waals surface area contributed by atoms with E-state index in [4.69, 9.17) is 4.74 Å². The lowest BCUT2D eigenvalue weighted by atomic mass is 9.98. The fourth-order valence-electron chi connectivity index (χ4n) is 1.67. The van der Waals surface area contributed by atoms with Crippen LogP contribution in [0.15, 0.2) is 0 Å². The zero-order valence-corrected chi connectivity index (χ0v) is 11.8. The fourth-order valence-corrected chi connectivity index (χ4v) is 1.67. The molecule has 2 heteroatoms. The minimum absolute atomic E-state index is 0.0263. The third-order valence-electron chi connectivity index (χ3n) is 2.76. The lowest BCUT2D eigenvalue weighted by molar-refractivity contribution is -0.00943. The lowest BCUT2D eigenvalue weighted by Gasteiger charge is -2.21. The van der Waals surface area contributed by atoms with E-state index in [9.17, 15) is 5.11 Å². The summed E-state index contributed by atoms with van der Waals surface area (Å²) in [4.78, 5) is 0. The van der Waals surface area contributed by atoms with Crippen molar-refractivity contribution in [1.82, 2.24) is 0 Å². The van der Waals surface area contributed by atoms with Crippen LogP contribution in [0.25, 0.3) is 0 Å². The first-order valence-corrected chi connectivity index (χ1v) is 6.67. The first-order valence-electron chi connectivity index (χ1n) is 6.67. The zero-order valence-electron chi connectivity index (χ0n) is 11.8. The van der Waals surface area contributed by atoms with Crippen LogP contribution in [-0.2, 0) is 4.74 Å². The maximum Gasteiger partial charge on any atom is 0.0598 e. The van der Waals surface area contributed by atoms with Gasteiger partial charge in [-0.1, -0.05) is 20.3 Å². The predicted molar refractivity (Wildman–Crippen MR) is 69.6 cm³/mol. The van der Waals surface area contributed by atoms with Crippen LogP contribution < -0.4 is 0 Å². The Kier molecular flexibility index (Phi) is 8.04. The van der Waals surface area contributed by atoms with Crippen molar-refractivity contribution >= 4 is 0 Å². The molecule has 0 bridgehead atoms. The fraction of sp³-hybridized carbons (Fsp3) is 1.00. The van der Waals surface area contributed by atoms with Crippen molar-refractivity contribution in [3.63, 3.8) is 0 Å². The zero-order chi connectivity index (χ0) is 12.6. The predicted octanol–water partition coefficient (Wildman–Crippen LogP) is 3.77. The molecule has 2 nitrogen and oxygen atoms in total. The van der Waals surface area contributed by atoms with Crippen LogP contribution in [0.2, 0.25) is 0 Å². The molecule has 0 saturated heterocycles. The van der Waals surface area contributed by atoms with Gasteiger partial charge in [-0.25, -0.2) is 0 Å². The minimum Gasteiger partial charge on any atom is -0.393 e. The molecule has 0 heterocycles. The SMILES string of the molecule is CCCC(O)CCC(C)CCOC(C)(C)C. The average Bonchev–Trinajstić information content (AvgIpc) is 2.13. The lowest BCUT2D eigenvalue weighted by Crippen LogP contribution is -2.20. The Morgan fingerprint density at radius 1 is 1.06 bits per heavy atom. The molecule has 0 aromatic carbocycles. The normalized spacial score (nSPS) is 16.1. The Labute approximate surface area is 101 Å². The summed E-state index contributed by atoms with van der Waals surface area (Å²) in [6.07, 6.45) is 5.04.